The van der Waals surface area contributed by atoms with Crippen LogP contribution in [0.4, 0.5) is 17.1 Å². The SMILES string of the molecule is O=C(CCCCCO)Nc1ccc(Nc2ccccc2)cc1. The molecule has 0 aromatic heterocycles. The highest BCUT2D eigenvalue weighted by atomic mass is 16.2. The smallest absolute Gasteiger partial charge is 0.224 e. The van der Waals surface area contributed by atoms with Gasteiger partial charge in [-0.15, -0.1) is 0 Å². The summed E-state index contributed by atoms with van der Waals surface area (Å²) in [6.07, 6.45) is 2.93. The molecule has 2 aromatic carbocycles. The van der Waals surface area contributed by atoms with Crippen LogP contribution in [0.3, 0.4) is 0 Å². The fourth-order valence-electron chi connectivity index (χ4n) is 2.12. The van der Waals surface area contributed by atoms with E-state index in [-0.39, 0.29) is 12.5 Å². The van der Waals surface area contributed by atoms with E-state index < -0.39 is 0 Å². The second-order valence-electron chi connectivity index (χ2n) is 5.15. The Hall–Kier alpha value is -2.33. The largest absolute Gasteiger partial charge is 0.396 e. The van der Waals surface area contributed by atoms with Crippen molar-refractivity contribution in [3.8, 4) is 0 Å². The molecule has 1 amide bonds. The number of carbonyl (C=O) groups excluding carboxylic acids is 1. The summed E-state index contributed by atoms with van der Waals surface area (Å²) in [6, 6.07) is 17.6. The third-order valence-corrected chi connectivity index (χ3v) is 3.29. The zero-order valence-corrected chi connectivity index (χ0v) is 12.6. The van der Waals surface area contributed by atoms with E-state index in [0.717, 1.165) is 36.3 Å². The molecule has 0 saturated heterocycles. The Labute approximate surface area is 131 Å². The van der Waals surface area contributed by atoms with Crippen LogP contribution < -0.4 is 10.6 Å². The maximum atomic E-state index is 11.8. The summed E-state index contributed by atoms with van der Waals surface area (Å²) in [5.41, 5.74) is 2.81. The number of carbonyl (C=O) groups is 1. The molecule has 0 aliphatic carbocycles. The molecule has 0 radical (unpaired) electrons. The first kappa shape index (κ1) is 16.0. The maximum Gasteiger partial charge on any atom is 0.224 e. The summed E-state index contributed by atoms with van der Waals surface area (Å²) in [7, 11) is 0. The summed E-state index contributed by atoms with van der Waals surface area (Å²) in [6.45, 7) is 0.192. The summed E-state index contributed by atoms with van der Waals surface area (Å²) in [5.74, 6) is 0.0155. The average Bonchev–Trinajstić information content (AvgIpc) is 2.54. The Bertz CT molecular complexity index is 567. The van der Waals surface area contributed by atoms with E-state index in [1.165, 1.54) is 0 Å². The minimum Gasteiger partial charge on any atom is -0.396 e. The van der Waals surface area contributed by atoms with Crippen LogP contribution in [0, 0.1) is 0 Å². The second-order valence-corrected chi connectivity index (χ2v) is 5.15. The lowest BCUT2D eigenvalue weighted by Crippen LogP contribution is -2.11. The van der Waals surface area contributed by atoms with Crippen LogP contribution in [0.5, 0.6) is 0 Å². The number of hydrogen-bond donors (Lipinski definition) is 3. The van der Waals surface area contributed by atoms with Crippen molar-refractivity contribution in [1.29, 1.82) is 0 Å². The fraction of sp³-hybridized carbons (Fsp3) is 0.278. The van der Waals surface area contributed by atoms with Gasteiger partial charge in [0.25, 0.3) is 0 Å². The van der Waals surface area contributed by atoms with Gasteiger partial charge in [-0.2, -0.15) is 0 Å². The zero-order valence-electron chi connectivity index (χ0n) is 12.6. The molecule has 116 valence electrons. The maximum absolute atomic E-state index is 11.8. The molecule has 4 nitrogen and oxygen atoms in total. The van der Waals surface area contributed by atoms with Gasteiger partial charge in [0.1, 0.15) is 0 Å². The number of amides is 1. The molecule has 0 bridgehead atoms. The molecule has 0 aliphatic rings. The molecule has 0 saturated carbocycles. The van der Waals surface area contributed by atoms with E-state index in [9.17, 15) is 4.79 Å². The first-order chi connectivity index (χ1) is 10.8. The number of benzene rings is 2. The summed E-state index contributed by atoms with van der Waals surface area (Å²) < 4.78 is 0. The molecule has 0 aliphatic heterocycles. The predicted octanol–water partition coefficient (Wildman–Crippen LogP) is 3.92. The predicted molar refractivity (Wildman–Crippen MR) is 90.4 cm³/mol. The summed E-state index contributed by atoms with van der Waals surface area (Å²) >= 11 is 0. The molecular formula is C18H22N2O2. The number of nitrogens with one attached hydrogen (secondary N) is 2. The lowest BCUT2D eigenvalue weighted by atomic mass is 10.2. The van der Waals surface area contributed by atoms with Crippen LogP contribution in [0.1, 0.15) is 25.7 Å². The molecule has 0 unspecified atom stereocenters. The second kappa shape index (κ2) is 8.85. The molecule has 3 N–H and O–H groups in total. The van der Waals surface area contributed by atoms with Gasteiger partial charge in [0.15, 0.2) is 0 Å². The Morgan fingerprint density at radius 2 is 1.45 bits per heavy atom. The van der Waals surface area contributed by atoms with E-state index in [1.54, 1.807) is 0 Å². The Balaban J connectivity index is 1.80. The fourth-order valence-corrected chi connectivity index (χ4v) is 2.12. The van der Waals surface area contributed by atoms with Crippen LogP contribution in [0.15, 0.2) is 54.6 Å². The molecule has 4 heteroatoms. The molecule has 0 fully saturated rings. The first-order valence-electron chi connectivity index (χ1n) is 7.61. The average molecular weight is 298 g/mol. The minimum absolute atomic E-state index is 0.0155. The van der Waals surface area contributed by atoms with Gasteiger partial charge in [-0.05, 0) is 49.2 Å². The number of anilines is 3. The standard InChI is InChI=1S/C18H22N2O2/c21-14-6-2-5-9-18(22)20-17-12-10-16(11-13-17)19-15-7-3-1-4-8-15/h1,3-4,7-8,10-13,19,21H,2,5-6,9,14H2,(H,20,22). The molecule has 2 rings (SSSR count). The van der Waals surface area contributed by atoms with Crippen molar-refractivity contribution in [3.05, 3.63) is 54.6 Å². The normalized spacial score (nSPS) is 10.2. The molecule has 22 heavy (non-hydrogen) atoms. The number of unbranched alkanes of at least 4 members (excludes halogenated alkanes) is 2. The number of para-hydroxylation sites is 1. The van der Waals surface area contributed by atoms with Crippen LogP contribution in [0.2, 0.25) is 0 Å². The zero-order chi connectivity index (χ0) is 15.6. The van der Waals surface area contributed by atoms with Gasteiger partial charge in [0, 0.05) is 30.1 Å². The molecule has 0 spiro atoms. The van der Waals surface area contributed by atoms with E-state index in [2.05, 4.69) is 10.6 Å². The molecule has 2 aromatic rings. The Morgan fingerprint density at radius 1 is 0.818 bits per heavy atom. The van der Waals surface area contributed by atoms with E-state index in [4.69, 9.17) is 5.11 Å². The topological polar surface area (TPSA) is 61.4 Å². The quantitative estimate of drug-likeness (QED) is 0.647. The lowest BCUT2D eigenvalue weighted by Gasteiger charge is -2.08. The summed E-state index contributed by atoms with van der Waals surface area (Å²) in [4.78, 5) is 11.8. The van der Waals surface area contributed by atoms with Gasteiger partial charge < -0.3 is 15.7 Å². The Morgan fingerprint density at radius 3 is 2.14 bits per heavy atom. The first-order valence-corrected chi connectivity index (χ1v) is 7.61. The van der Waals surface area contributed by atoms with Crippen molar-refractivity contribution in [2.24, 2.45) is 0 Å². The number of aliphatic hydroxyl groups excluding tert-OH is 1. The van der Waals surface area contributed by atoms with Gasteiger partial charge in [-0.1, -0.05) is 24.6 Å². The van der Waals surface area contributed by atoms with Crippen molar-refractivity contribution in [2.45, 2.75) is 25.7 Å². The van der Waals surface area contributed by atoms with Crippen LogP contribution >= 0.6 is 0 Å². The van der Waals surface area contributed by atoms with Crippen molar-refractivity contribution >= 4 is 23.0 Å². The van der Waals surface area contributed by atoms with Crippen LogP contribution in [0.25, 0.3) is 0 Å². The molecule has 0 heterocycles. The van der Waals surface area contributed by atoms with Gasteiger partial charge >= 0.3 is 0 Å². The van der Waals surface area contributed by atoms with E-state index in [1.807, 2.05) is 54.6 Å². The third kappa shape index (κ3) is 5.58. The number of aliphatic hydroxyl groups is 1. The van der Waals surface area contributed by atoms with Crippen molar-refractivity contribution < 1.29 is 9.90 Å². The highest BCUT2D eigenvalue weighted by Gasteiger charge is 2.02. The lowest BCUT2D eigenvalue weighted by molar-refractivity contribution is -0.116. The van der Waals surface area contributed by atoms with Crippen molar-refractivity contribution in [3.63, 3.8) is 0 Å². The molecule has 0 atom stereocenters. The van der Waals surface area contributed by atoms with Crippen molar-refractivity contribution in [2.75, 3.05) is 17.2 Å². The highest BCUT2D eigenvalue weighted by Crippen LogP contribution is 2.18. The minimum atomic E-state index is 0.0155. The van der Waals surface area contributed by atoms with Gasteiger partial charge in [0.05, 0.1) is 0 Å². The van der Waals surface area contributed by atoms with Crippen LogP contribution in [-0.4, -0.2) is 17.6 Å². The van der Waals surface area contributed by atoms with E-state index >= 15 is 0 Å². The monoisotopic (exact) mass is 298 g/mol. The highest BCUT2D eigenvalue weighted by molar-refractivity contribution is 5.90. The van der Waals surface area contributed by atoms with Crippen LogP contribution in [-0.2, 0) is 4.79 Å². The number of rotatable bonds is 8. The van der Waals surface area contributed by atoms with Gasteiger partial charge in [-0.3, -0.25) is 4.79 Å². The van der Waals surface area contributed by atoms with Gasteiger partial charge in [0.2, 0.25) is 5.91 Å². The van der Waals surface area contributed by atoms with Gasteiger partial charge in [-0.25, -0.2) is 0 Å². The molecular weight excluding hydrogens is 276 g/mol. The van der Waals surface area contributed by atoms with Crippen molar-refractivity contribution in [1.82, 2.24) is 0 Å². The Kier molecular flexibility index (Phi) is 6.45. The number of hydrogen-bond acceptors (Lipinski definition) is 3. The third-order valence-electron chi connectivity index (χ3n) is 3.29. The van der Waals surface area contributed by atoms with E-state index in [0.29, 0.717) is 6.42 Å². The summed E-state index contributed by atoms with van der Waals surface area (Å²) in [5, 5.41) is 14.9.